The SMILES string of the molecule is CC(NS(=O)(=O)c1cnn(C)c1)c1ccccn1. The quantitative estimate of drug-likeness (QED) is 0.890. The fraction of sp³-hybridized carbons (Fsp3) is 0.273. The lowest BCUT2D eigenvalue weighted by Gasteiger charge is -2.12. The van der Waals surface area contributed by atoms with E-state index in [-0.39, 0.29) is 4.90 Å². The van der Waals surface area contributed by atoms with Crippen LogP contribution in [0.4, 0.5) is 0 Å². The molecule has 0 aliphatic heterocycles. The molecule has 96 valence electrons. The molecule has 0 aliphatic rings. The summed E-state index contributed by atoms with van der Waals surface area (Å²) >= 11 is 0. The number of hydrogen-bond donors (Lipinski definition) is 1. The molecule has 2 aromatic rings. The van der Waals surface area contributed by atoms with Crippen molar-refractivity contribution in [2.75, 3.05) is 0 Å². The van der Waals surface area contributed by atoms with Gasteiger partial charge >= 0.3 is 0 Å². The number of aryl methyl sites for hydroxylation is 1. The molecule has 0 radical (unpaired) electrons. The van der Waals surface area contributed by atoms with Gasteiger partial charge in [-0.1, -0.05) is 6.07 Å². The van der Waals surface area contributed by atoms with Gasteiger partial charge in [-0.25, -0.2) is 13.1 Å². The first-order valence-corrected chi connectivity index (χ1v) is 6.89. The topological polar surface area (TPSA) is 76.9 Å². The summed E-state index contributed by atoms with van der Waals surface area (Å²) in [6.07, 6.45) is 4.39. The maximum Gasteiger partial charge on any atom is 0.244 e. The standard InChI is InChI=1S/C11H14N4O2S/c1-9(11-5-3-4-6-12-11)14-18(16,17)10-7-13-15(2)8-10/h3-9,14H,1-2H3. The molecule has 0 saturated carbocycles. The summed E-state index contributed by atoms with van der Waals surface area (Å²) in [4.78, 5) is 4.26. The molecule has 0 aromatic carbocycles. The first-order valence-electron chi connectivity index (χ1n) is 5.41. The molecule has 0 bridgehead atoms. The number of nitrogens with one attached hydrogen (secondary N) is 1. The molecule has 2 rings (SSSR count). The Morgan fingerprint density at radius 3 is 2.72 bits per heavy atom. The molecule has 0 saturated heterocycles. The average molecular weight is 266 g/mol. The molecule has 1 N–H and O–H groups in total. The summed E-state index contributed by atoms with van der Waals surface area (Å²) in [5, 5.41) is 3.84. The Kier molecular flexibility index (Phi) is 3.44. The van der Waals surface area contributed by atoms with E-state index < -0.39 is 16.1 Å². The highest BCUT2D eigenvalue weighted by atomic mass is 32.2. The van der Waals surface area contributed by atoms with Crippen LogP contribution in [0, 0.1) is 0 Å². The lowest BCUT2D eigenvalue weighted by Crippen LogP contribution is -2.27. The third kappa shape index (κ3) is 2.74. The van der Waals surface area contributed by atoms with E-state index in [1.165, 1.54) is 17.1 Å². The van der Waals surface area contributed by atoms with E-state index in [4.69, 9.17) is 0 Å². The molecule has 0 amide bonds. The molecule has 1 unspecified atom stereocenters. The first kappa shape index (κ1) is 12.7. The summed E-state index contributed by atoms with van der Waals surface area (Å²) in [6, 6.07) is 4.98. The third-order valence-electron chi connectivity index (χ3n) is 2.45. The smallest absolute Gasteiger partial charge is 0.244 e. The Morgan fingerprint density at radius 1 is 1.39 bits per heavy atom. The molecule has 7 heteroatoms. The van der Waals surface area contributed by atoms with Crippen molar-refractivity contribution in [3.05, 3.63) is 42.5 Å². The van der Waals surface area contributed by atoms with E-state index in [1.54, 1.807) is 32.3 Å². The van der Waals surface area contributed by atoms with E-state index in [9.17, 15) is 8.42 Å². The molecule has 6 nitrogen and oxygen atoms in total. The number of nitrogens with zero attached hydrogens (tertiary/aromatic N) is 3. The van der Waals surface area contributed by atoms with Gasteiger partial charge in [0.2, 0.25) is 10.0 Å². The monoisotopic (exact) mass is 266 g/mol. The Morgan fingerprint density at radius 2 is 2.17 bits per heavy atom. The van der Waals surface area contributed by atoms with Crippen molar-refractivity contribution >= 4 is 10.0 Å². The Bertz CT molecular complexity index is 622. The minimum absolute atomic E-state index is 0.146. The van der Waals surface area contributed by atoms with Gasteiger partial charge in [0.05, 0.1) is 17.9 Å². The number of rotatable bonds is 4. The van der Waals surface area contributed by atoms with Gasteiger partial charge in [-0.05, 0) is 19.1 Å². The van der Waals surface area contributed by atoms with Crippen LogP contribution in [-0.4, -0.2) is 23.2 Å². The maximum atomic E-state index is 12.0. The zero-order valence-electron chi connectivity index (χ0n) is 10.1. The summed E-state index contributed by atoms with van der Waals surface area (Å²) in [5.74, 6) is 0. The molecule has 1 atom stereocenters. The lowest BCUT2D eigenvalue weighted by atomic mass is 10.2. The van der Waals surface area contributed by atoms with Crippen LogP contribution in [0.5, 0.6) is 0 Å². The fourth-order valence-corrected chi connectivity index (χ4v) is 2.73. The van der Waals surface area contributed by atoms with E-state index in [0.717, 1.165) is 0 Å². The van der Waals surface area contributed by atoms with Gasteiger partial charge in [-0.15, -0.1) is 0 Å². The van der Waals surface area contributed by atoms with Crippen LogP contribution in [-0.2, 0) is 17.1 Å². The van der Waals surface area contributed by atoms with Crippen LogP contribution in [0.1, 0.15) is 18.7 Å². The molecule has 0 aliphatic carbocycles. The summed E-state index contributed by atoms with van der Waals surface area (Å²) in [5.41, 5.74) is 0.671. The van der Waals surface area contributed by atoms with Gasteiger partial charge < -0.3 is 0 Å². The normalized spacial score (nSPS) is 13.4. The number of aromatic nitrogens is 3. The molecule has 2 aromatic heterocycles. The highest BCUT2D eigenvalue weighted by Crippen LogP contribution is 2.14. The van der Waals surface area contributed by atoms with Crippen molar-refractivity contribution < 1.29 is 8.42 Å². The van der Waals surface area contributed by atoms with Crippen molar-refractivity contribution in [1.82, 2.24) is 19.5 Å². The van der Waals surface area contributed by atoms with Gasteiger partial charge in [0.1, 0.15) is 4.90 Å². The molecular weight excluding hydrogens is 252 g/mol. The van der Waals surface area contributed by atoms with Crippen LogP contribution in [0.25, 0.3) is 0 Å². The Balaban J connectivity index is 2.19. The summed E-state index contributed by atoms with van der Waals surface area (Å²) in [6.45, 7) is 1.75. The van der Waals surface area contributed by atoms with Gasteiger partial charge in [0, 0.05) is 19.4 Å². The van der Waals surface area contributed by atoms with E-state index >= 15 is 0 Å². The Hall–Kier alpha value is -1.73. The van der Waals surface area contributed by atoms with Crippen LogP contribution < -0.4 is 4.72 Å². The zero-order chi connectivity index (χ0) is 13.2. The molecular formula is C11H14N4O2S. The van der Waals surface area contributed by atoms with E-state index in [2.05, 4.69) is 14.8 Å². The van der Waals surface area contributed by atoms with Crippen molar-refractivity contribution in [3.8, 4) is 0 Å². The van der Waals surface area contributed by atoms with Crippen molar-refractivity contribution in [1.29, 1.82) is 0 Å². The highest BCUT2D eigenvalue weighted by molar-refractivity contribution is 7.89. The van der Waals surface area contributed by atoms with E-state index in [0.29, 0.717) is 5.69 Å². The van der Waals surface area contributed by atoms with Gasteiger partial charge in [0.15, 0.2) is 0 Å². The second-order valence-corrected chi connectivity index (χ2v) is 5.66. The summed E-state index contributed by atoms with van der Waals surface area (Å²) in [7, 11) is -1.89. The molecule has 18 heavy (non-hydrogen) atoms. The predicted octanol–water partition coefficient (Wildman–Crippen LogP) is 0.855. The molecule has 2 heterocycles. The van der Waals surface area contributed by atoms with Crippen molar-refractivity contribution in [2.45, 2.75) is 17.9 Å². The number of pyridine rings is 1. The molecule has 0 fully saturated rings. The van der Waals surface area contributed by atoms with Gasteiger partial charge in [-0.2, -0.15) is 5.10 Å². The minimum Gasteiger partial charge on any atom is -0.274 e. The second-order valence-electron chi connectivity index (χ2n) is 3.95. The lowest BCUT2D eigenvalue weighted by molar-refractivity contribution is 0.564. The van der Waals surface area contributed by atoms with Crippen molar-refractivity contribution in [3.63, 3.8) is 0 Å². The minimum atomic E-state index is -3.56. The largest absolute Gasteiger partial charge is 0.274 e. The fourth-order valence-electron chi connectivity index (χ4n) is 1.53. The number of hydrogen-bond acceptors (Lipinski definition) is 4. The number of sulfonamides is 1. The van der Waals surface area contributed by atoms with Crippen LogP contribution in [0.2, 0.25) is 0 Å². The zero-order valence-corrected chi connectivity index (χ0v) is 10.9. The van der Waals surface area contributed by atoms with Gasteiger partial charge in [0.25, 0.3) is 0 Å². The first-order chi connectivity index (χ1) is 8.49. The van der Waals surface area contributed by atoms with Crippen molar-refractivity contribution in [2.24, 2.45) is 7.05 Å². The third-order valence-corrected chi connectivity index (χ3v) is 3.95. The van der Waals surface area contributed by atoms with Crippen LogP contribution in [0.3, 0.4) is 0 Å². The van der Waals surface area contributed by atoms with Crippen LogP contribution in [0.15, 0.2) is 41.7 Å². The van der Waals surface area contributed by atoms with Gasteiger partial charge in [-0.3, -0.25) is 9.67 Å². The predicted molar refractivity (Wildman–Crippen MR) is 66.2 cm³/mol. The highest BCUT2D eigenvalue weighted by Gasteiger charge is 2.20. The maximum absolute atomic E-state index is 12.0. The molecule has 0 spiro atoms. The Labute approximate surface area is 106 Å². The average Bonchev–Trinajstić information content (AvgIpc) is 2.77. The van der Waals surface area contributed by atoms with E-state index in [1.807, 2.05) is 6.07 Å². The van der Waals surface area contributed by atoms with Crippen LogP contribution >= 0.6 is 0 Å². The summed E-state index contributed by atoms with van der Waals surface area (Å²) < 4.78 is 28.1. The second kappa shape index (κ2) is 4.87.